The number of carbonyl (C=O) groups is 1. The lowest BCUT2D eigenvalue weighted by molar-refractivity contribution is -0.113. The zero-order valence-electron chi connectivity index (χ0n) is 17.9. The number of ether oxygens (including phenoxy) is 1. The zero-order chi connectivity index (χ0) is 23.7. The molecule has 5 rings (SSSR count). The maximum absolute atomic E-state index is 13.6. The first-order chi connectivity index (χ1) is 16.5. The van der Waals surface area contributed by atoms with E-state index in [9.17, 15) is 9.59 Å². The first-order valence-corrected chi connectivity index (χ1v) is 11.7. The number of hydrogen-bond donors (Lipinski definition) is 1. The van der Waals surface area contributed by atoms with Crippen LogP contribution in [0.15, 0.2) is 87.2 Å². The van der Waals surface area contributed by atoms with E-state index in [1.807, 2.05) is 18.2 Å². The number of nitrogens with zero attached hydrogens (tertiary/aromatic N) is 2. The van der Waals surface area contributed by atoms with E-state index in [4.69, 9.17) is 25.7 Å². The van der Waals surface area contributed by atoms with Crippen LogP contribution in [0.1, 0.15) is 0 Å². The van der Waals surface area contributed by atoms with E-state index in [-0.39, 0.29) is 22.8 Å². The molecule has 7 nitrogen and oxygen atoms in total. The van der Waals surface area contributed by atoms with E-state index in [0.717, 1.165) is 17.1 Å². The molecular weight excluding hydrogens is 474 g/mol. The van der Waals surface area contributed by atoms with Crippen LogP contribution in [0, 0.1) is 0 Å². The van der Waals surface area contributed by atoms with Crippen molar-refractivity contribution < 1.29 is 13.9 Å². The highest BCUT2D eigenvalue weighted by atomic mass is 35.5. The van der Waals surface area contributed by atoms with Gasteiger partial charge in [0.15, 0.2) is 5.16 Å². The summed E-state index contributed by atoms with van der Waals surface area (Å²) in [6, 6.07) is 21.4. The average molecular weight is 492 g/mol. The maximum Gasteiger partial charge on any atom is 0.302 e. The molecule has 0 saturated carbocycles. The maximum atomic E-state index is 13.6. The molecule has 9 heteroatoms. The second-order valence-corrected chi connectivity index (χ2v) is 8.68. The van der Waals surface area contributed by atoms with Crippen LogP contribution in [0.5, 0.6) is 5.75 Å². The number of amides is 1. The molecule has 0 radical (unpaired) electrons. The van der Waals surface area contributed by atoms with E-state index >= 15 is 0 Å². The van der Waals surface area contributed by atoms with Crippen molar-refractivity contribution in [2.24, 2.45) is 0 Å². The summed E-state index contributed by atoms with van der Waals surface area (Å²) in [6.45, 7) is 0. The lowest BCUT2D eigenvalue weighted by Crippen LogP contribution is -2.22. The second-order valence-electron chi connectivity index (χ2n) is 7.33. The second kappa shape index (κ2) is 9.24. The van der Waals surface area contributed by atoms with Gasteiger partial charge < -0.3 is 14.5 Å². The highest BCUT2D eigenvalue weighted by Gasteiger charge is 2.20. The molecule has 2 heterocycles. The largest absolute Gasteiger partial charge is 0.497 e. The molecule has 0 aliphatic heterocycles. The minimum Gasteiger partial charge on any atom is -0.497 e. The van der Waals surface area contributed by atoms with Gasteiger partial charge in [-0.15, -0.1) is 0 Å². The molecule has 3 aromatic carbocycles. The fourth-order valence-corrected chi connectivity index (χ4v) is 4.56. The molecule has 0 atom stereocenters. The standard InChI is InChI=1S/C25H18ClN3O4S/c1-32-16-8-6-7-15(13-16)29-24(31)23-22(17-9-2-5-12-20(17)33-23)28-25(29)34-14-21(30)27-19-11-4-3-10-18(19)26/h2-13H,14H2,1H3,(H,27,30). The van der Waals surface area contributed by atoms with Gasteiger partial charge in [-0.3, -0.25) is 14.2 Å². The molecule has 1 amide bonds. The lowest BCUT2D eigenvalue weighted by Gasteiger charge is -2.13. The quantitative estimate of drug-likeness (QED) is 0.248. The fraction of sp³-hybridized carbons (Fsp3) is 0.0800. The molecule has 170 valence electrons. The summed E-state index contributed by atoms with van der Waals surface area (Å²) in [5.41, 5.74) is 1.86. The third-order valence-corrected chi connectivity index (χ3v) is 6.43. The molecule has 0 unspecified atom stereocenters. The van der Waals surface area contributed by atoms with Gasteiger partial charge >= 0.3 is 5.56 Å². The number of nitrogens with one attached hydrogen (secondary N) is 1. The van der Waals surface area contributed by atoms with Crippen molar-refractivity contribution >= 4 is 57.0 Å². The van der Waals surface area contributed by atoms with Crippen molar-refractivity contribution in [3.8, 4) is 11.4 Å². The van der Waals surface area contributed by atoms with Crippen LogP contribution in [-0.4, -0.2) is 28.3 Å². The summed E-state index contributed by atoms with van der Waals surface area (Å²) in [5, 5.41) is 4.32. The van der Waals surface area contributed by atoms with E-state index < -0.39 is 0 Å². The molecule has 1 N–H and O–H groups in total. The molecular formula is C25H18ClN3O4S. The van der Waals surface area contributed by atoms with Gasteiger partial charge in [0.05, 0.1) is 29.3 Å². The molecule has 34 heavy (non-hydrogen) atoms. The van der Waals surface area contributed by atoms with Crippen LogP contribution in [0.4, 0.5) is 5.69 Å². The SMILES string of the molecule is COc1cccc(-n2c(SCC(=O)Nc3ccccc3Cl)nc3c(oc4ccccc43)c2=O)c1. The molecule has 0 saturated heterocycles. The Hall–Kier alpha value is -3.75. The Morgan fingerprint density at radius 2 is 1.91 bits per heavy atom. The van der Waals surface area contributed by atoms with Gasteiger partial charge in [-0.1, -0.05) is 53.7 Å². The Bertz CT molecular complexity index is 1590. The highest BCUT2D eigenvalue weighted by Crippen LogP contribution is 2.29. The van der Waals surface area contributed by atoms with Crippen molar-refractivity contribution in [1.82, 2.24) is 9.55 Å². The van der Waals surface area contributed by atoms with Gasteiger partial charge in [-0.2, -0.15) is 0 Å². The molecule has 0 spiro atoms. The smallest absolute Gasteiger partial charge is 0.302 e. The Balaban J connectivity index is 1.58. The topological polar surface area (TPSA) is 86.4 Å². The number of aromatic nitrogens is 2. The summed E-state index contributed by atoms with van der Waals surface area (Å²) in [6.07, 6.45) is 0. The third kappa shape index (κ3) is 4.13. The Morgan fingerprint density at radius 3 is 2.74 bits per heavy atom. The first-order valence-electron chi connectivity index (χ1n) is 10.3. The van der Waals surface area contributed by atoms with Gasteiger partial charge in [0.25, 0.3) is 0 Å². The third-order valence-electron chi connectivity index (χ3n) is 5.16. The number of hydrogen-bond acceptors (Lipinski definition) is 6. The molecule has 0 bridgehead atoms. The number of methoxy groups -OCH3 is 1. The predicted molar refractivity (Wildman–Crippen MR) is 134 cm³/mol. The zero-order valence-corrected chi connectivity index (χ0v) is 19.5. The van der Waals surface area contributed by atoms with E-state index in [1.165, 1.54) is 4.57 Å². The van der Waals surface area contributed by atoms with Gasteiger partial charge in [0.2, 0.25) is 11.5 Å². The summed E-state index contributed by atoms with van der Waals surface area (Å²) in [5.74, 6) is 0.325. The normalized spacial score (nSPS) is 11.1. The monoisotopic (exact) mass is 491 g/mol. The van der Waals surface area contributed by atoms with Gasteiger partial charge in [-0.05, 0) is 36.4 Å². The summed E-state index contributed by atoms with van der Waals surface area (Å²) in [7, 11) is 1.55. The summed E-state index contributed by atoms with van der Waals surface area (Å²) < 4.78 is 12.6. The first kappa shape index (κ1) is 22.1. The molecule has 2 aromatic heterocycles. The Morgan fingerprint density at radius 1 is 1.12 bits per heavy atom. The summed E-state index contributed by atoms with van der Waals surface area (Å²) in [4.78, 5) is 30.9. The van der Waals surface area contributed by atoms with Crippen molar-refractivity contribution in [2.45, 2.75) is 5.16 Å². The van der Waals surface area contributed by atoms with Crippen LogP contribution in [0.3, 0.4) is 0 Å². The van der Waals surface area contributed by atoms with Crippen molar-refractivity contribution in [1.29, 1.82) is 0 Å². The van der Waals surface area contributed by atoms with Crippen LogP contribution in [0.2, 0.25) is 5.02 Å². The number of benzene rings is 3. The van der Waals surface area contributed by atoms with E-state index in [1.54, 1.807) is 61.7 Å². The summed E-state index contributed by atoms with van der Waals surface area (Å²) >= 11 is 7.29. The van der Waals surface area contributed by atoms with Crippen molar-refractivity contribution in [3.05, 3.63) is 88.2 Å². The fourth-order valence-electron chi connectivity index (χ4n) is 3.57. The molecule has 0 aliphatic carbocycles. The molecule has 0 fully saturated rings. The number of furan rings is 1. The molecule has 0 aliphatic rings. The Labute approximate surface area is 203 Å². The number of halogens is 1. The predicted octanol–water partition coefficient (Wildman–Crippen LogP) is 5.52. The number of carbonyl (C=O) groups excluding carboxylic acids is 1. The van der Waals surface area contributed by atoms with E-state index in [2.05, 4.69) is 5.32 Å². The Kier molecular flexibility index (Phi) is 6.00. The number of rotatable bonds is 6. The van der Waals surface area contributed by atoms with Crippen LogP contribution in [0.25, 0.3) is 27.8 Å². The number of anilines is 1. The van der Waals surface area contributed by atoms with Crippen LogP contribution in [-0.2, 0) is 4.79 Å². The number of para-hydroxylation sites is 2. The number of fused-ring (bicyclic) bond motifs is 3. The van der Waals surface area contributed by atoms with Gasteiger partial charge in [0, 0.05) is 11.5 Å². The van der Waals surface area contributed by atoms with E-state index in [0.29, 0.717) is 38.4 Å². The van der Waals surface area contributed by atoms with Crippen LogP contribution < -0.4 is 15.6 Å². The number of thioether (sulfide) groups is 1. The lowest BCUT2D eigenvalue weighted by atomic mass is 10.2. The average Bonchev–Trinajstić information content (AvgIpc) is 3.23. The van der Waals surface area contributed by atoms with Crippen LogP contribution >= 0.6 is 23.4 Å². The van der Waals surface area contributed by atoms with Gasteiger partial charge in [-0.25, -0.2) is 4.98 Å². The highest BCUT2D eigenvalue weighted by molar-refractivity contribution is 7.99. The van der Waals surface area contributed by atoms with Crippen molar-refractivity contribution in [2.75, 3.05) is 18.2 Å². The minimum atomic E-state index is -0.372. The molecule has 5 aromatic rings. The minimum absolute atomic E-state index is 0.0168. The van der Waals surface area contributed by atoms with Crippen molar-refractivity contribution in [3.63, 3.8) is 0 Å². The van der Waals surface area contributed by atoms with Gasteiger partial charge in [0.1, 0.15) is 16.8 Å².